The number of hydrogen-bond acceptors (Lipinski definition) is 4. The van der Waals surface area contributed by atoms with Crippen LogP contribution in [0.3, 0.4) is 0 Å². The molecule has 0 saturated heterocycles. The molecule has 154 valence electrons. The molecule has 4 aliphatic rings. The van der Waals surface area contributed by atoms with E-state index in [4.69, 9.17) is 4.74 Å². The Morgan fingerprint density at radius 3 is 2.46 bits per heavy atom. The van der Waals surface area contributed by atoms with Crippen molar-refractivity contribution in [3.8, 4) is 0 Å². The first kappa shape index (κ1) is 19.8. The molecule has 0 radical (unpaired) electrons. The van der Waals surface area contributed by atoms with Gasteiger partial charge in [0.25, 0.3) is 0 Å². The monoisotopic (exact) mass is 386 g/mol. The van der Waals surface area contributed by atoms with Gasteiger partial charge >= 0.3 is 5.97 Å². The van der Waals surface area contributed by atoms with E-state index < -0.39 is 5.41 Å². The first-order chi connectivity index (χ1) is 13.0. The standard InChI is InChI=1S/C24H34O4/c1-22(2,3)21(27)28-18-13-19(26)24(5)11-9-17-16(20(18)24)7-6-14-12-15(25)8-10-23(14,17)4/h12,16-18,20H,6-11,13H2,1-5H3/t16-,17-,18?,20-,23+,24-/m1/s1. The largest absolute Gasteiger partial charge is 0.461 e. The highest BCUT2D eigenvalue weighted by Crippen LogP contribution is 2.64. The smallest absolute Gasteiger partial charge is 0.311 e. The molecular weight excluding hydrogens is 352 g/mol. The van der Waals surface area contributed by atoms with Gasteiger partial charge < -0.3 is 4.74 Å². The summed E-state index contributed by atoms with van der Waals surface area (Å²) in [4.78, 5) is 37.6. The number of ether oxygens (including phenoxy) is 1. The fourth-order valence-electron chi connectivity index (χ4n) is 6.79. The van der Waals surface area contributed by atoms with E-state index in [0.717, 1.165) is 32.1 Å². The summed E-state index contributed by atoms with van der Waals surface area (Å²) in [5.41, 5.74) is 0.448. The molecule has 0 aromatic rings. The summed E-state index contributed by atoms with van der Waals surface area (Å²) < 4.78 is 5.99. The second-order valence-electron chi connectivity index (χ2n) is 11.2. The van der Waals surface area contributed by atoms with Gasteiger partial charge in [0.2, 0.25) is 0 Å². The van der Waals surface area contributed by atoms with Crippen molar-refractivity contribution in [3.63, 3.8) is 0 Å². The lowest BCUT2D eigenvalue weighted by molar-refractivity contribution is -0.167. The molecule has 0 aromatic heterocycles. The van der Waals surface area contributed by atoms with Gasteiger partial charge in [0.1, 0.15) is 11.9 Å². The van der Waals surface area contributed by atoms with Gasteiger partial charge in [-0.2, -0.15) is 0 Å². The molecule has 4 rings (SSSR count). The molecule has 0 aliphatic heterocycles. The van der Waals surface area contributed by atoms with Crippen molar-refractivity contribution in [2.45, 2.75) is 85.7 Å². The third kappa shape index (κ3) is 2.81. The topological polar surface area (TPSA) is 60.4 Å². The van der Waals surface area contributed by atoms with Gasteiger partial charge in [0.15, 0.2) is 5.78 Å². The molecule has 0 aromatic carbocycles. The Morgan fingerprint density at radius 2 is 1.79 bits per heavy atom. The van der Waals surface area contributed by atoms with E-state index in [1.165, 1.54) is 5.57 Å². The van der Waals surface area contributed by atoms with Gasteiger partial charge in [-0.05, 0) is 76.2 Å². The Morgan fingerprint density at radius 1 is 1.07 bits per heavy atom. The number of ketones is 2. The van der Waals surface area contributed by atoms with E-state index in [1.807, 2.05) is 26.8 Å². The lowest BCUT2D eigenvalue weighted by Gasteiger charge is -2.57. The second-order valence-corrected chi connectivity index (χ2v) is 11.2. The normalized spacial score (nSPS) is 43.0. The summed E-state index contributed by atoms with van der Waals surface area (Å²) in [6, 6.07) is 0. The van der Waals surface area contributed by atoms with Crippen LogP contribution in [-0.4, -0.2) is 23.6 Å². The zero-order chi connectivity index (χ0) is 20.5. The number of fused-ring (bicyclic) bond motifs is 5. The van der Waals surface area contributed by atoms with E-state index in [0.29, 0.717) is 24.7 Å². The van der Waals surface area contributed by atoms with Gasteiger partial charge in [-0.3, -0.25) is 14.4 Å². The molecule has 4 heteroatoms. The molecule has 0 amide bonds. The van der Waals surface area contributed by atoms with Crippen LogP contribution in [0, 0.1) is 34.0 Å². The van der Waals surface area contributed by atoms with Crippen molar-refractivity contribution >= 4 is 17.5 Å². The van der Waals surface area contributed by atoms with E-state index in [2.05, 4.69) is 13.8 Å². The Bertz CT molecular complexity index is 757. The predicted molar refractivity (Wildman–Crippen MR) is 106 cm³/mol. The fraction of sp³-hybridized carbons (Fsp3) is 0.792. The van der Waals surface area contributed by atoms with Gasteiger partial charge in [-0.15, -0.1) is 0 Å². The molecule has 1 unspecified atom stereocenters. The van der Waals surface area contributed by atoms with Gasteiger partial charge in [-0.25, -0.2) is 0 Å². The van der Waals surface area contributed by atoms with Crippen LogP contribution in [0.4, 0.5) is 0 Å². The number of rotatable bonds is 1. The van der Waals surface area contributed by atoms with Crippen molar-refractivity contribution in [3.05, 3.63) is 11.6 Å². The lowest BCUT2D eigenvalue weighted by Crippen LogP contribution is -2.53. The van der Waals surface area contributed by atoms with Crippen LogP contribution in [0.5, 0.6) is 0 Å². The number of hydrogen-bond donors (Lipinski definition) is 0. The van der Waals surface area contributed by atoms with Crippen molar-refractivity contribution in [1.82, 2.24) is 0 Å². The quantitative estimate of drug-likeness (QED) is 0.615. The van der Waals surface area contributed by atoms with E-state index in [1.54, 1.807) is 0 Å². The molecular formula is C24H34O4. The molecule has 6 atom stereocenters. The van der Waals surface area contributed by atoms with Crippen molar-refractivity contribution in [2.24, 2.45) is 34.0 Å². The predicted octanol–water partition coefficient (Wildman–Crippen LogP) is 4.66. The lowest BCUT2D eigenvalue weighted by atomic mass is 9.47. The summed E-state index contributed by atoms with van der Waals surface area (Å²) in [5, 5.41) is 0. The second kappa shape index (κ2) is 6.27. The van der Waals surface area contributed by atoms with Crippen LogP contribution in [0.1, 0.15) is 79.6 Å². The minimum Gasteiger partial charge on any atom is -0.461 e. The molecule has 0 bridgehead atoms. The third-order valence-corrected chi connectivity index (χ3v) is 8.51. The first-order valence-electron chi connectivity index (χ1n) is 10.9. The Kier molecular flexibility index (Phi) is 4.45. The van der Waals surface area contributed by atoms with E-state index >= 15 is 0 Å². The fourth-order valence-corrected chi connectivity index (χ4v) is 6.79. The number of esters is 1. The molecule has 4 nitrogen and oxygen atoms in total. The van der Waals surface area contributed by atoms with Gasteiger partial charge in [0, 0.05) is 24.2 Å². The zero-order valence-corrected chi connectivity index (χ0v) is 18.0. The summed E-state index contributed by atoms with van der Waals surface area (Å²) in [6.07, 6.45) is 7.37. The minimum atomic E-state index is -0.561. The Hall–Kier alpha value is -1.45. The SMILES string of the molecule is CC(C)(C)C(=O)OC1CC(=O)[C@@]2(C)CC[C@@H]3[C@@H](CCC4=CC(=O)CC[C@@]43C)[C@H]12. The minimum absolute atomic E-state index is 0.0579. The van der Waals surface area contributed by atoms with Crippen LogP contribution in [0.2, 0.25) is 0 Å². The summed E-state index contributed by atoms with van der Waals surface area (Å²) in [5.74, 6) is 1.30. The van der Waals surface area contributed by atoms with E-state index in [9.17, 15) is 14.4 Å². The van der Waals surface area contributed by atoms with E-state index in [-0.39, 0.29) is 40.4 Å². The number of allylic oxidation sites excluding steroid dienone is 1. The summed E-state index contributed by atoms with van der Waals surface area (Å²) >= 11 is 0. The average Bonchev–Trinajstić information content (AvgIpc) is 2.85. The van der Waals surface area contributed by atoms with Crippen molar-refractivity contribution in [1.29, 1.82) is 0 Å². The molecule has 3 saturated carbocycles. The van der Waals surface area contributed by atoms with Crippen LogP contribution in [-0.2, 0) is 19.1 Å². The molecule has 0 heterocycles. The maximum atomic E-state index is 13.0. The first-order valence-corrected chi connectivity index (χ1v) is 10.9. The summed E-state index contributed by atoms with van der Waals surface area (Å²) in [6.45, 7) is 10.0. The van der Waals surface area contributed by atoms with Crippen LogP contribution < -0.4 is 0 Å². The van der Waals surface area contributed by atoms with Crippen LogP contribution >= 0.6 is 0 Å². The average molecular weight is 387 g/mol. The molecule has 3 fully saturated rings. The van der Waals surface area contributed by atoms with Gasteiger partial charge in [0.05, 0.1) is 5.41 Å². The van der Waals surface area contributed by atoms with Crippen LogP contribution in [0.15, 0.2) is 11.6 Å². The van der Waals surface area contributed by atoms with Gasteiger partial charge in [-0.1, -0.05) is 19.4 Å². The highest BCUT2D eigenvalue weighted by molar-refractivity contribution is 5.92. The number of carbonyl (C=O) groups excluding carboxylic acids is 3. The maximum absolute atomic E-state index is 13.0. The van der Waals surface area contributed by atoms with Crippen LogP contribution in [0.25, 0.3) is 0 Å². The summed E-state index contributed by atoms with van der Waals surface area (Å²) in [7, 11) is 0. The molecule has 0 N–H and O–H groups in total. The molecule has 0 spiro atoms. The number of Topliss-reactive ketones (excluding diaryl/α,β-unsaturated/α-hetero) is 1. The van der Waals surface area contributed by atoms with Crippen molar-refractivity contribution < 1.29 is 19.1 Å². The maximum Gasteiger partial charge on any atom is 0.311 e. The molecule has 4 aliphatic carbocycles. The highest BCUT2D eigenvalue weighted by Gasteiger charge is 2.63. The number of carbonyl (C=O) groups is 3. The molecule has 28 heavy (non-hydrogen) atoms. The van der Waals surface area contributed by atoms with Crippen molar-refractivity contribution in [2.75, 3.05) is 0 Å². The Balaban J connectivity index is 1.67. The Labute approximate surface area is 168 Å². The third-order valence-electron chi connectivity index (χ3n) is 8.51. The highest BCUT2D eigenvalue weighted by atomic mass is 16.5. The zero-order valence-electron chi connectivity index (χ0n) is 18.0.